The minimum Gasteiger partial charge on any atom is -0.0731 e. The third-order valence-electron chi connectivity index (χ3n) is 1.11. The molecule has 0 bridgehead atoms. The van der Waals surface area contributed by atoms with Crippen LogP contribution in [0.15, 0.2) is 17.7 Å². The molecule has 0 aliphatic carbocycles. The maximum Gasteiger partial charge on any atom is -0.0297 e. The lowest BCUT2D eigenvalue weighted by atomic mass is 10.0. The lowest BCUT2D eigenvalue weighted by Gasteiger charge is -2.02. The van der Waals surface area contributed by atoms with Gasteiger partial charge in [0, 0.05) is 0 Å². The van der Waals surface area contributed by atoms with Crippen molar-refractivity contribution < 1.29 is 0 Å². The summed E-state index contributed by atoms with van der Waals surface area (Å²) in [5.74, 6) is 0.737. The lowest BCUT2D eigenvalue weighted by molar-refractivity contribution is 0.642. The van der Waals surface area contributed by atoms with Gasteiger partial charge < -0.3 is 0 Å². The maximum atomic E-state index is 5.20. The van der Waals surface area contributed by atoms with Crippen LogP contribution >= 0.6 is 0 Å². The Morgan fingerprint density at radius 2 is 2.11 bits per heavy atom. The number of allylic oxidation sites excluding steroid dienone is 3. The zero-order chi connectivity index (χ0) is 7.28. The number of hydrogen-bond donors (Lipinski definition) is 0. The summed E-state index contributed by atoms with van der Waals surface area (Å²) < 4.78 is 0. The Morgan fingerprint density at radius 1 is 1.56 bits per heavy atom. The van der Waals surface area contributed by atoms with Crippen molar-refractivity contribution in [3.63, 3.8) is 0 Å². The van der Waals surface area contributed by atoms with Crippen molar-refractivity contribution >= 4 is 0 Å². The van der Waals surface area contributed by atoms with E-state index in [9.17, 15) is 0 Å². The van der Waals surface area contributed by atoms with Crippen LogP contribution in [0.2, 0.25) is 0 Å². The Labute approximate surface area is 58.3 Å². The predicted molar refractivity (Wildman–Crippen MR) is 42.1 cm³/mol. The van der Waals surface area contributed by atoms with E-state index in [0.29, 0.717) is 0 Å². The Morgan fingerprint density at radius 3 is 2.44 bits per heavy atom. The van der Waals surface area contributed by atoms with E-state index in [1.54, 1.807) is 6.08 Å². The van der Waals surface area contributed by atoms with E-state index in [4.69, 9.17) is 6.58 Å². The Balaban J connectivity index is 3.61. The van der Waals surface area contributed by atoms with Gasteiger partial charge in [0.25, 0.3) is 0 Å². The monoisotopic (exact) mass is 123 g/mol. The number of hydrogen-bond acceptors (Lipinski definition) is 0. The molecule has 0 spiro atoms. The largest absolute Gasteiger partial charge is 0.0731 e. The van der Waals surface area contributed by atoms with Gasteiger partial charge in [0.05, 0.1) is 0 Å². The average molecular weight is 123 g/mol. The minimum absolute atomic E-state index is 0.737. The number of rotatable bonds is 3. The second-order valence-electron chi connectivity index (χ2n) is 2.80. The van der Waals surface area contributed by atoms with Crippen molar-refractivity contribution in [3.8, 4) is 0 Å². The van der Waals surface area contributed by atoms with Crippen molar-refractivity contribution in [2.75, 3.05) is 0 Å². The van der Waals surface area contributed by atoms with Crippen LogP contribution in [-0.2, 0) is 0 Å². The highest BCUT2D eigenvalue weighted by atomic mass is 14.0. The van der Waals surface area contributed by atoms with E-state index in [-0.39, 0.29) is 0 Å². The van der Waals surface area contributed by atoms with Crippen molar-refractivity contribution in [3.05, 3.63) is 24.3 Å². The third kappa shape index (κ3) is 5.35. The SMILES string of the molecule is [CH]=CC=C(C)CC(C)C. The quantitative estimate of drug-likeness (QED) is 0.506. The molecule has 0 aromatic heterocycles. The highest BCUT2D eigenvalue weighted by Gasteiger charge is 1.92. The molecule has 0 rings (SSSR count). The summed E-state index contributed by atoms with van der Waals surface area (Å²) in [7, 11) is 0. The van der Waals surface area contributed by atoms with Gasteiger partial charge >= 0.3 is 0 Å². The molecule has 0 heterocycles. The molecule has 9 heavy (non-hydrogen) atoms. The Kier molecular flexibility index (Phi) is 4.12. The fraction of sp³-hybridized carbons (Fsp3) is 0.556. The smallest absolute Gasteiger partial charge is 0.0297 e. The fourth-order valence-corrected chi connectivity index (χ4v) is 0.876. The predicted octanol–water partition coefficient (Wildman–Crippen LogP) is 2.97. The minimum atomic E-state index is 0.737. The first-order valence-corrected chi connectivity index (χ1v) is 3.37. The summed E-state index contributed by atoms with van der Waals surface area (Å²) >= 11 is 0. The maximum absolute atomic E-state index is 5.20. The zero-order valence-electron chi connectivity index (χ0n) is 6.52. The van der Waals surface area contributed by atoms with Crippen molar-refractivity contribution in [1.82, 2.24) is 0 Å². The molecule has 0 aliphatic heterocycles. The second-order valence-corrected chi connectivity index (χ2v) is 2.80. The van der Waals surface area contributed by atoms with Gasteiger partial charge in [-0.3, -0.25) is 0 Å². The normalized spacial score (nSPS) is 12.2. The highest BCUT2D eigenvalue weighted by molar-refractivity contribution is 5.06. The topological polar surface area (TPSA) is 0 Å². The van der Waals surface area contributed by atoms with Crippen molar-refractivity contribution in [2.24, 2.45) is 5.92 Å². The first kappa shape index (κ1) is 8.48. The van der Waals surface area contributed by atoms with Crippen LogP contribution in [0.25, 0.3) is 0 Å². The molecule has 0 nitrogen and oxygen atoms in total. The molecule has 1 radical (unpaired) electrons. The van der Waals surface area contributed by atoms with Crippen molar-refractivity contribution in [2.45, 2.75) is 27.2 Å². The highest BCUT2D eigenvalue weighted by Crippen LogP contribution is 2.08. The average Bonchev–Trinajstić information content (AvgIpc) is 1.63. The Bertz CT molecular complexity index is 107. The molecule has 0 aliphatic rings. The van der Waals surface area contributed by atoms with Gasteiger partial charge in [-0.2, -0.15) is 0 Å². The molecule has 0 saturated carbocycles. The molecule has 0 fully saturated rings. The first-order valence-electron chi connectivity index (χ1n) is 3.37. The zero-order valence-corrected chi connectivity index (χ0v) is 6.52. The van der Waals surface area contributed by atoms with Crippen LogP contribution < -0.4 is 0 Å². The lowest BCUT2D eigenvalue weighted by Crippen LogP contribution is -1.86. The van der Waals surface area contributed by atoms with Crippen molar-refractivity contribution in [1.29, 1.82) is 0 Å². The van der Waals surface area contributed by atoms with E-state index in [1.807, 2.05) is 6.08 Å². The molecule has 0 aromatic rings. The molecule has 51 valence electrons. The van der Waals surface area contributed by atoms with Gasteiger partial charge in [-0.25, -0.2) is 0 Å². The van der Waals surface area contributed by atoms with Gasteiger partial charge in [-0.05, 0) is 19.3 Å². The van der Waals surface area contributed by atoms with E-state index >= 15 is 0 Å². The van der Waals surface area contributed by atoms with Crippen LogP contribution in [-0.4, -0.2) is 0 Å². The summed E-state index contributed by atoms with van der Waals surface area (Å²) in [6, 6.07) is 0. The standard InChI is InChI=1S/C9H15/c1-5-6-9(4)7-8(2)3/h1,5-6,8H,7H2,2-4H3. The summed E-state index contributed by atoms with van der Waals surface area (Å²) in [4.78, 5) is 0. The molecule has 0 amide bonds. The van der Waals surface area contributed by atoms with Crippen LogP contribution in [0, 0.1) is 12.5 Å². The van der Waals surface area contributed by atoms with E-state index < -0.39 is 0 Å². The van der Waals surface area contributed by atoms with Gasteiger partial charge in [0.15, 0.2) is 0 Å². The molecule has 0 atom stereocenters. The Hall–Kier alpha value is -0.520. The fourth-order valence-electron chi connectivity index (χ4n) is 0.876. The molecular formula is C9H15. The molecule has 0 heteroatoms. The third-order valence-corrected chi connectivity index (χ3v) is 1.11. The summed E-state index contributed by atoms with van der Waals surface area (Å²) in [5.41, 5.74) is 1.35. The molecule has 0 aromatic carbocycles. The van der Waals surface area contributed by atoms with E-state index in [2.05, 4.69) is 20.8 Å². The van der Waals surface area contributed by atoms with Gasteiger partial charge in [-0.15, -0.1) is 0 Å². The molecule has 0 unspecified atom stereocenters. The summed E-state index contributed by atoms with van der Waals surface area (Å²) in [6.07, 6.45) is 4.70. The molecule has 0 N–H and O–H groups in total. The summed E-state index contributed by atoms with van der Waals surface area (Å²) in [6.45, 7) is 11.7. The molecular weight excluding hydrogens is 108 g/mol. The van der Waals surface area contributed by atoms with Gasteiger partial charge in [-0.1, -0.05) is 38.2 Å². The summed E-state index contributed by atoms with van der Waals surface area (Å²) in [5, 5.41) is 0. The van der Waals surface area contributed by atoms with Gasteiger partial charge in [0.2, 0.25) is 0 Å². The van der Waals surface area contributed by atoms with Crippen LogP contribution in [0.3, 0.4) is 0 Å². The van der Waals surface area contributed by atoms with E-state index in [0.717, 1.165) is 12.3 Å². The first-order chi connectivity index (χ1) is 4.16. The van der Waals surface area contributed by atoms with Crippen LogP contribution in [0.4, 0.5) is 0 Å². The van der Waals surface area contributed by atoms with Crippen LogP contribution in [0.5, 0.6) is 0 Å². The second kappa shape index (κ2) is 4.37. The molecule has 0 saturated heterocycles. The van der Waals surface area contributed by atoms with E-state index in [1.165, 1.54) is 5.57 Å². The van der Waals surface area contributed by atoms with Gasteiger partial charge in [0.1, 0.15) is 0 Å². The van der Waals surface area contributed by atoms with Crippen LogP contribution in [0.1, 0.15) is 27.2 Å².